The molecule has 0 bridgehead atoms. The largest absolute Gasteiger partial charge is 0.269 e. The highest BCUT2D eigenvalue weighted by molar-refractivity contribution is 6.27. The highest BCUT2D eigenvalue weighted by atomic mass is 35.5. The number of rotatable bonds is 0. The molecule has 0 rings (SSSR count). The molecule has 0 saturated carbocycles. The zero-order valence-corrected chi connectivity index (χ0v) is 5.09. The molecule has 0 aromatic carbocycles. The van der Waals surface area contributed by atoms with E-state index < -0.39 is 11.4 Å². The maximum absolute atomic E-state index is 10.6. The van der Waals surface area contributed by atoms with E-state index in [9.17, 15) is 13.2 Å². The van der Waals surface area contributed by atoms with Crippen molar-refractivity contribution in [3.8, 4) is 0 Å². The summed E-state index contributed by atoms with van der Waals surface area (Å²) in [6.07, 6.45) is -1.83. The lowest BCUT2D eigenvalue weighted by Gasteiger charge is -1.55. The monoisotopic (exact) mass is 164 g/mol. The average molecular weight is 165 g/mol. The lowest BCUT2D eigenvalue weighted by molar-refractivity contribution is 0.426. The fourth-order valence-corrected chi connectivity index (χ4v) is 0. The summed E-state index contributed by atoms with van der Waals surface area (Å²) in [4.78, 5) is 0. The number of halogens is 5. The molecule has 56 valence electrons. The molecule has 0 fully saturated rings. The van der Waals surface area contributed by atoms with Gasteiger partial charge in [-0.25, -0.2) is 0 Å². The van der Waals surface area contributed by atoms with Gasteiger partial charge in [0.15, 0.2) is 5.29 Å². The summed E-state index contributed by atoms with van der Waals surface area (Å²) < 4.78 is 30.8. The van der Waals surface area contributed by atoms with E-state index in [1.54, 1.807) is 0 Å². The molecule has 0 radical (unpaired) electrons. The highest BCUT2D eigenvalue weighted by Gasteiger charge is 1.65. The van der Waals surface area contributed by atoms with Crippen LogP contribution in [-0.4, -0.2) is 0 Å². The molecule has 0 nitrogen and oxygen atoms in total. The summed E-state index contributed by atoms with van der Waals surface area (Å²) in [5, 5.41) is -0.861. The molecule has 0 saturated heterocycles. The third-order valence-corrected chi connectivity index (χ3v) is 0. The second-order valence-electron chi connectivity index (χ2n) is 0.677. The Bertz CT molecular complexity index is 70.6. The maximum Gasteiger partial charge on any atom is 0.263 e. The maximum atomic E-state index is 10.6. The molecule has 0 aliphatic rings. The van der Waals surface area contributed by atoms with E-state index in [-0.39, 0.29) is 4.70 Å². The molecular weight excluding hydrogens is 159 g/mol. The molecule has 0 aliphatic heterocycles. The van der Waals surface area contributed by atoms with Crippen molar-refractivity contribution in [3.05, 3.63) is 24.5 Å². The van der Waals surface area contributed by atoms with Crippen LogP contribution in [0, 0.1) is 0 Å². The van der Waals surface area contributed by atoms with Crippen molar-refractivity contribution < 1.29 is 17.9 Å². The van der Waals surface area contributed by atoms with Gasteiger partial charge in [-0.2, -0.15) is 13.2 Å². The van der Waals surface area contributed by atoms with Gasteiger partial charge in [0.25, 0.3) is 6.08 Å². The van der Waals surface area contributed by atoms with Crippen LogP contribution in [0.4, 0.5) is 17.9 Å². The topological polar surface area (TPSA) is 0 Å². The third kappa shape index (κ3) is 868. The fourth-order valence-electron chi connectivity index (χ4n) is 0. The molecule has 0 amide bonds. The van der Waals surface area contributed by atoms with Crippen LogP contribution in [0.15, 0.2) is 24.5 Å². The van der Waals surface area contributed by atoms with Crippen LogP contribution in [0.25, 0.3) is 0 Å². The van der Waals surface area contributed by atoms with E-state index in [0.717, 1.165) is 0 Å². The van der Waals surface area contributed by atoms with Crippen LogP contribution in [-0.2, 0) is 0 Å². The van der Waals surface area contributed by atoms with Crippen molar-refractivity contribution in [2.45, 2.75) is 0 Å². The predicted octanol–water partition coefficient (Wildman–Crippen LogP) is 3.22. The van der Waals surface area contributed by atoms with Gasteiger partial charge < -0.3 is 0 Å². The predicted molar refractivity (Wildman–Crippen MR) is 30.0 cm³/mol. The van der Waals surface area contributed by atoms with Gasteiger partial charge >= 0.3 is 0 Å². The Balaban J connectivity index is -0.0000000720. The van der Waals surface area contributed by atoms with Gasteiger partial charge in [0, 0.05) is 0 Å². The summed E-state index contributed by atoms with van der Waals surface area (Å²) in [6.45, 7) is 4.88. The SMILES string of the molecule is C=C(F)Cl.C=C(F)F.F. The summed E-state index contributed by atoms with van der Waals surface area (Å²) in [5.41, 5.74) is 0. The van der Waals surface area contributed by atoms with Gasteiger partial charge in [0.1, 0.15) is 0 Å². The molecule has 0 heterocycles. The van der Waals surface area contributed by atoms with Crippen molar-refractivity contribution in [2.24, 2.45) is 0 Å². The first-order chi connectivity index (χ1) is 3.46. The van der Waals surface area contributed by atoms with Gasteiger partial charge in [0.2, 0.25) is 0 Å². The summed E-state index contributed by atoms with van der Waals surface area (Å²) in [5.74, 6) is 0. The van der Waals surface area contributed by atoms with Crippen LogP contribution in [0.3, 0.4) is 0 Å². The normalized spacial score (nSPS) is 5.78. The van der Waals surface area contributed by atoms with E-state index in [1.165, 1.54) is 0 Å². The van der Waals surface area contributed by atoms with E-state index in [2.05, 4.69) is 24.8 Å². The number of hydrogen-bond donors (Lipinski definition) is 0. The third-order valence-electron chi connectivity index (χ3n) is 0. The van der Waals surface area contributed by atoms with Crippen LogP contribution < -0.4 is 0 Å². The Labute approximate surface area is 55.0 Å². The van der Waals surface area contributed by atoms with E-state index in [0.29, 0.717) is 0 Å². The molecule has 0 atom stereocenters. The molecule has 0 aliphatic carbocycles. The highest BCUT2D eigenvalue weighted by Crippen LogP contribution is 1.92. The second-order valence-corrected chi connectivity index (χ2v) is 1.09. The fraction of sp³-hybridized carbons (Fsp3) is 0. The molecule has 0 spiro atoms. The molecule has 9 heavy (non-hydrogen) atoms. The zero-order valence-electron chi connectivity index (χ0n) is 4.33. The van der Waals surface area contributed by atoms with E-state index >= 15 is 0 Å². The molecule has 0 aromatic rings. The van der Waals surface area contributed by atoms with Crippen molar-refractivity contribution in [1.82, 2.24) is 0 Å². The van der Waals surface area contributed by atoms with Crippen LogP contribution in [0.2, 0.25) is 0 Å². The van der Waals surface area contributed by atoms with Crippen LogP contribution >= 0.6 is 11.6 Å². The molecular formula is C4H5ClF4. The lowest BCUT2D eigenvalue weighted by Crippen LogP contribution is -1.33. The Morgan fingerprint density at radius 2 is 1.11 bits per heavy atom. The van der Waals surface area contributed by atoms with Gasteiger partial charge in [-0.05, 0) is 6.58 Å². The Hall–Kier alpha value is -0.510. The summed E-state index contributed by atoms with van der Waals surface area (Å²) in [7, 11) is 0. The quantitative estimate of drug-likeness (QED) is 0.482. The minimum atomic E-state index is -1.83. The second kappa shape index (κ2) is 10.5. The molecule has 0 aromatic heterocycles. The average Bonchev–Trinajstić information content (AvgIpc) is 1.25. The summed E-state index contributed by atoms with van der Waals surface area (Å²) in [6, 6.07) is 0. The molecule has 0 unspecified atom stereocenters. The lowest BCUT2D eigenvalue weighted by atomic mass is 11.2. The van der Waals surface area contributed by atoms with Crippen LogP contribution in [0.1, 0.15) is 0 Å². The van der Waals surface area contributed by atoms with Gasteiger partial charge in [-0.3, -0.25) is 4.70 Å². The van der Waals surface area contributed by atoms with Gasteiger partial charge in [0.05, 0.1) is 0 Å². The Morgan fingerprint density at radius 1 is 1.11 bits per heavy atom. The first kappa shape index (κ1) is 15.8. The van der Waals surface area contributed by atoms with Crippen molar-refractivity contribution in [1.29, 1.82) is 0 Å². The minimum absolute atomic E-state index is 0. The first-order valence-electron chi connectivity index (χ1n) is 1.46. The van der Waals surface area contributed by atoms with Crippen molar-refractivity contribution in [2.75, 3.05) is 0 Å². The Kier molecular flexibility index (Phi) is 18.4. The van der Waals surface area contributed by atoms with Crippen molar-refractivity contribution >= 4 is 11.6 Å². The van der Waals surface area contributed by atoms with E-state index in [4.69, 9.17) is 0 Å². The molecule has 5 heteroatoms. The zero-order chi connectivity index (χ0) is 7.15. The van der Waals surface area contributed by atoms with E-state index in [1.807, 2.05) is 0 Å². The summed E-state index contributed by atoms with van der Waals surface area (Å²) >= 11 is 4.41. The minimum Gasteiger partial charge on any atom is -0.269 e. The molecule has 0 N–H and O–H groups in total. The first-order valence-corrected chi connectivity index (χ1v) is 1.84. The Morgan fingerprint density at radius 3 is 1.11 bits per heavy atom. The standard InChI is InChI=1S/C2H2ClF.C2H2F2.FH/c2*1-2(3)4;/h2*1H2;1H. The van der Waals surface area contributed by atoms with Crippen LogP contribution in [0.5, 0.6) is 0 Å². The van der Waals surface area contributed by atoms with Gasteiger partial charge in [-0.15, -0.1) is 0 Å². The van der Waals surface area contributed by atoms with Gasteiger partial charge in [-0.1, -0.05) is 18.2 Å². The number of hydrogen-bond acceptors (Lipinski definition) is 0. The smallest absolute Gasteiger partial charge is 0.263 e. The van der Waals surface area contributed by atoms with Crippen molar-refractivity contribution in [3.63, 3.8) is 0 Å².